The number of hydrogen-bond donors (Lipinski definition) is 4. The fraction of sp³-hybridized carbons (Fsp3) is 0.375. The van der Waals surface area contributed by atoms with Gasteiger partial charge in [0.1, 0.15) is 24.6 Å². The standard InChI is InChI=1S/2C16H19NO.2ClH.2Cu/c2*18-16-9-8-13-6-2-3-7-14(13)15(16)12-17-10-4-1-5-11-17;;;;/h2*2-3,6-9,18H,1,4-5,10-12H2;2*1H;;/q;;;;;+2/p+2. The summed E-state index contributed by atoms with van der Waals surface area (Å²) in [5.41, 5.74) is 2.23. The number of phenolic OH excluding ortho intramolecular Hbond substituents is 2. The van der Waals surface area contributed by atoms with E-state index >= 15 is 0 Å². The summed E-state index contributed by atoms with van der Waals surface area (Å²) in [5, 5.41) is 25.1. The molecule has 0 unspecified atom stereocenters. The number of quaternary nitrogens is 2. The second-order valence-corrected chi connectivity index (χ2v) is 12.4. The summed E-state index contributed by atoms with van der Waals surface area (Å²) in [6.07, 6.45) is 8.01. The molecule has 0 aromatic heterocycles. The third-order valence-corrected chi connectivity index (χ3v) is 8.01. The average Bonchev–Trinajstić information content (AvgIpc) is 2.98. The molecule has 2 heterocycles. The van der Waals surface area contributed by atoms with Gasteiger partial charge in [0.25, 0.3) is 0 Å². The maximum Gasteiger partial charge on any atom is 0 e. The molecule has 0 aliphatic carbocycles. The number of fused-ring (bicyclic) bond motifs is 2. The minimum atomic E-state index is 0. The van der Waals surface area contributed by atoms with E-state index in [1.54, 1.807) is 9.80 Å². The van der Waals surface area contributed by atoms with Crippen LogP contribution in [0, 0.1) is 20.2 Å². The molecular formula is C32H42Cl2Cu2N2O2+4. The number of aromatic hydroxyl groups is 2. The van der Waals surface area contributed by atoms with E-state index in [4.69, 9.17) is 0 Å². The van der Waals surface area contributed by atoms with Gasteiger partial charge < -0.3 is 20.0 Å². The average molecular weight is 685 g/mol. The van der Waals surface area contributed by atoms with Gasteiger partial charge in [0.15, 0.2) is 0 Å². The van der Waals surface area contributed by atoms with Crippen molar-refractivity contribution >= 4 is 21.5 Å². The number of piperidine rings is 2. The van der Waals surface area contributed by atoms with Gasteiger partial charge in [-0.1, -0.05) is 60.7 Å². The first-order chi connectivity index (χ1) is 19.1. The Bertz CT molecular complexity index is 1230. The van der Waals surface area contributed by atoms with Crippen molar-refractivity contribution in [3.63, 3.8) is 0 Å². The van der Waals surface area contributed by atoms with Crippen molar-refractivity contribution in [2.45, 2.75) is 51.6 Å². The number of phenols is 2. The molecular weight excluding hydrogens is 642 g/mol. The molecule has 4 N–H and O–H groups in total. The van der Waals surface area contributed by atoms with Crippen LogP contribution in [0.4, 0.5) is 0 Å². The Labute approximate surface area is 263 Å². The number of halogens is 2. The van der Waals surface area contributed by atoms with Gasteiger partial charge in [-0.25, -0.2) is 0 Å². The van der Waals surface area contributed by atoms with Crippen molar-refractivity contribution in [1.29, 1.82) is 0 Å². The zero-order chi connectivity index (χ0) is 27.5. The van der Waals surface area contributed by atoms with Crippen LogP contribution < -0.4 is 9.80 Å². The fourth-order valence-electron chi connectivity index (χ4n) is 5.98. The normalized spacial score (nSPS) is 15.9. The number of rotatable bonds is 4. The Hall–Kier alpha value is -1.46. The van der Waals surface area contributed by atoms with E-state index in [0.717, 1.165) is 37.3 Å². The summed E-state index contributed by atoms with van der Waals surface area (Å²) >= 11 is 0.979. The first-order valence-electron chi connectivity index (χ1n) is 14.0. The molecule has 0 atom stereocenters. The molecule has 1 radical (unpaired) electrons. The molecule has 0 bridgehead atoms. The topological polar surface area (TPSA) is 49.3 Å². The van der Waals surface area contributed by atoms with Crippen LogP contribution in [-0.2, 0) is 43.3 Å². The first-order valence-corrected chi connectivity index (χ1v) is 16.8. The largest absolute Gasteiger partial charge is 0 e. The molecule has 224 valence electrons. The van der Waals surface area contributed by atoms with E-state index in [9.17, 15) is 10.2 Å². The van der Waals surface area contributed by atoms with Crippen molar-refractivity contribution in [2.75, 3.05) is 26.2 Å². The zero-order valence-electron chi connectivity index (χ0n) is 22.7. The molecule has 0 spiro atoms. The van der Waals surface area contributed by atoms with Crippen LogP contribution in [-0.4, -0.2) is 36.4 Å². The SMILES string of the molecule is Oc1ccc2ccccc2c1C[NH+]1CCCCC1.Oc1ccc2ccccc2c1C[NH+]1CCCCC1.[ClH+][Cu][ClH+].[Cu]. The molecule has 40 heavy (non-hydrogen) atoms. The quantitative estimate of drug-likeness (QED) is 0.248. The van der Waals surface area contributed by atoms with E-state index < -0.39 is 0 Å². The monoisotopic (exact) mass is 682 g/mol. The van der Waals surface area contributed by atoms with Crippen molar-refractivity contribution in [1.82, 2.24) is 0 Å². The van der Waals surface area contributed by atoms with Gasteiger partial charge in [-0.15, -0.1) is 0 Å². The van der Waals surface area contributed by atoms with Crippen LogP contribution in [0.5, 0.6) is 11.5 Å². The third kappa shape index (κ3) is 9.27. The van der Waals surface area contributed by atoms with Gasteiger partial charge in [-0.2, -0.15) is 0 Å². The van der Waals surface area contributed by atoms with Crippen molar-refractivity contribution in [3.8, 4) is 11.5 Å². The molecule has 4 nitrogen and oxygen atoms in total. The number of benzene rings is 4. The Morgan fingerprint density at radius 3 is 1.27 bits per heavy atom. The van der Waals surface area contributed by atoms with Gasteiger partial charge in [-0.05, 0) is 72.2 Å². The van der Waals surface area contributed by atoms with Crippen LogP contribution in [0.15, 0.2) is 72.8 Å². The first kappa shape index (κ1) is 33.0. The summed E-state index contributed by atoms with van der Waals surface area (Å²) in [6, 6.07) is 24.3. The number of likely N-dealkylation sites (tertiary alicyclic amines) is 2. The molecule has 8 heteroatoms. The predicted octanol–water partition coefficient (Wildman–Crippen LogP) is 3.69. The number of hydrogen-bond acceptors (Lipinski definition) is 2. The van der Waals surface area contributed by atoms with Crippen molar-refractivity contribution in [3.05, 3.63) is 83.9 Å². The summed E-state index contributed by atoms with van der Waals surface area (Å²) in [7, 11) is 8.23. The summed E-state index contributed by atoms with van der Waals surface area (Å²) in [4.78, 5) is 3.21. The van der Waals surface area contributed by atoms with Crippen LogP contribution >= 0.6 is 0 Å². The van der Waals surface area contributed by atoms with E-state index in [0.29, 0.717) is 11.5 Å². The molecule has 2 aliphatic heterocycles. The molecule has 2 aliphatic rings. The van der Waals surface area contributed by atoms with E-state index in [-0.39, 0.29) is 17.1 Å². The Balaban J connectivity index is 0.000000197. The molecule has 2 fully saturated rings. The Morgan fingerprint density at radius 2 is 0.900 bits per heavy atom. The summed E-state index contributed by atoms with van der Waals surface area (Å²) in [5.74, 6) is 0.901. The molecule has 6 rings (SSSR count). The van der Waals surface area contributed by atoms with E-state index in [2.05, 4.69) is 68.7 Å². The fourth-order valence-corrected chi connectivity index (χ4v) is 5.98. The molecule has 0 saturated carbocycles. The van der Waals surface area contributed by atoms with Crippen molar-refractivity contribution in [2.24, 2.45) is 0 Å². The van der Waals surface area contributed by atoms with Gasteiger partial charge in [0.2, 0.25) is 0 Å². The molecule has 2 saturated heterocycles. The van der Waals surface area contributed by atoms with Gasteiger partial charge >= 0.3 is 33.3 Å². The second-order valence-electron chi connectivity index (χ2n) is 10.6. The smallest absolute Gasteiger partial charge is 0 e. The maximum absolute atomic E-state index is 10.1. The van der Waals surface area contributed by atoms with Crippen LogP contribution in [0.1, 0.15) is 49.7 Å². The van der Waals surface area contributed by atoms with E-state index in [1.165, 1.54) is 86.2 Å². The summed E-state index contributed by atoms with van der Waals surface area (Å²) in [6.45, 7) is 6.86. The van der Waals surface area contributed by atoms with Gasteiger partial charge in [0, 0.05) is 17.1 Å². The predicted molar refractivity (Wildman–Crippen MR) is 151 cm³/mol. The molecule has 4 aromatic rings. The molecule has 4 aromatic carbocycles. The van der Waals surface area contributed by atoms with Gasteiger partial charge in [-0.3, -0.25) is 0 Å². The Kier molecular flexibility index (Phi) is 14.4. The third-order valence-electron chi connectivity index (χ3n) is 8.01. The van der Waals surface area contributed by atoms with Gasteiger partial charge in [0.05, 0.1) is 37.3 Å². The van der Waals surface area contributed by atoms with Crippen LogP contribution in [0.25, 0.3) is 21.5 Å². The minimum Gasteiger partial charge on any atom is 0 e. The van der Waals surface area contributed by atoms with Crippen molar-refractivity contribution < 1.29 is 70.4 Å². The number of nitrogens with one attached hydrogen (secondary N) is 2. The summed E-state index contributed by atoms with van der Waals surface area (Å²) < 4.78 is 0. The molecule has 0 amide bonds. The zero-order valence-corrected chi connectivity index (χ0v) is 26.2. The maximum atomic E-state index is 10.1. The van der Waals surface area contributed by atoms with E-state index in [1.807, 2.05) is 24.3 Å². The van der Waals surface area contributed by atoms with Crippen LogP contribution in [0.2, 0.25) is 0 Å². The minimum absolute atomic E-state index is 0. The Morgan fingerprint density at radius 1 is 0.550 bits per heavy atom. The second kappa shape index (κ2) is 17.5. The van der Waals surface area contributed by atoms with Crippen LogP contribution in [0.3, 0.4) is 0 Å².